The predicted octanol–water partition coefficient (Wildman–Crippen LogP) is 2.40. The monoisotopic (exact) mass is 339 g/mol. The van der Waals surface area contributed by atoms with E-state index in [1.165, 1.54) is 26.1 Å². The van der Waals surface area contributed by atoms with Gasteiger partial charge < -0.3 is 0 Å². The summed E-state index contributed by atoms with van der Waals surface area (Å²) in [5, 5.41) is 0.816. The van der Waals surface area contributed by atoms with E-state index in [9.17, 15) is 0 Å². The topological polar surface area (TPSA) is 0 Å². The quantitative estimate of drug-likeness (QED) is 0.637. The summed E-state index contributed by atoms with van der Waals surface area (Å²) in [5.41, 5.74) is 0. The molecule has 0 spiro atoms. The Morgan fingerprint density at radius 1 is 0.909 bits per heavy atom. The molecule has 0 unspecified atom stereocenters. The molecule has 0 N–H and O–H groups in total. The Morgan fingerprint density at radius 2 is 1.27 bits per heavy atom. The molecule has 0 aromatic heterocycles. The normalized spacial score (nSPS) is 6.73. The molecule has 0 heterocycles. The molecule has 0 saturated heterocycles. The van der Waals surface area contributed by atoms with E-state index in [0.717, 1.165) is 5.02 Å². The Bertz CT molecular complexity index is 153. The van der Waals surface area contributed by atoms with Crippen LogP contribution in [0.2, 0.25) is 5.02 Å². The summed E-state index contributed by atoms with van der Waals surface area (Å²) < 4.78 is 1.33. The second-order valence-electron chi connectivity index (χ2n) is 1.51. The molecule has 0 aliphatic heterocycles. The first-order valence-corrected chi connectivity index (χ1v) is 4.07. The molecule has 0 fully saturated rings. The van der Waals surface area contributed by atoms with Crippen molar-refractivity contribution in [2.45, 2.75) is 0 Å². The molecule has 0 saturated carbocycles. The van der Waals surface area contributed by atoms with Gasteiger partial charge in [-0.1, -0.05) is 0 Å². The van der Waals surface area contributed by atoms with Crippen LogP contribution in [0.4, 0.5) is 0 Å². The van der Waals surface area contributed by atoms with E-state index < -0.39 is 0 Å². The maximum absolute atomic E-state index is 5.62. The molecule has 0 amide bonds. The van der Waals surface area contributed by atoms with Crippen LogP contribution >= 0.6 is 48.8 Å². The van der Waals surface area contributed by atoms with Gasteiger partial charge in [-0.3, -0.25) is 0 Å². The van der Waals surface area contributed by atoms with Gasteiger partial charge in [-0.25, -0.2) is 0 Å². The second kappa shape index (κ2) is 9.27. The zero-order chi connectivity index (χ0) is 5.98. The summed E-state index contributed by atoms with van der Waals surface area (Å²) in [6.45, 7) is 0. The molecule has 0 aliphatic rings. The van der Waals surface area contributed by atoms with Gasteiger partial charge in [-0.05, 0) is 0 Å². The number of rotatable bonds is 0. The second-order valence-corrected chi connectivity index (χ2v) is 3.59. The van der Waals surface area contributed by atoms with E-state index in [1.54, 1.807) is 0 Å². The van der Waals surface area contributed by atoms with Gasteiger partial charge in [0, 0.05) is 0 Å². The van der Waals surface area contributed by atoms with Gasteiger partial charge in [0.1, 0.15) is 0 Å². The van der Waals surface area contributed by atoms with Crippen molar-refractivity contribution in [3.05, 3.63) is 29.3 Å². The fraction of sp³-hybridized carbons (Fsp3) is 0. The van der Waals surface area contributed by atoms with Crippen LogP contribution in [-0.2, 0) is 0 Å². The minimum atomic E-state index is 0. The Kier molecular flexibility index (Phi) is 15.2. The van der Waals surface area contributed by atoms with Crippen LogP contribution in [0.1, 0.15) is 0 Å². The summed E-state index contributed by atoms with van der Waals surface area (Å²) in [4.78, 5) is 0. The van der Waals surface area contributed by atoms with Crippen molar-refractivity contribution in [1.82, 2.24) is 0 Å². The molecule has 0 nitrogen and oxygen atoms in total. The zero-order valence-electron chi connectivity index (χ0n) is 5.41. The van der Waals surface area contributed by atoms with E-state index in [2.05, 4.69) is 0 Å². The molecule has 11 heavy (non-hydrogen) atoms. The molecule has 0 bridgehead atoms. The molecule has 1 aromatic rings. The van der Waals surface area contributed by atoms with Gasteiger partial charge in [0.15, 0.2) is 0 Å². The molecule has 3 radical (unpaired) electrons. The van der Waals surface area contributed by atoms with Crippen molar-refractivity contribution in [1.29, 1.82) is 0 Å². The third-order valence-electron chi connectivity index (χ3n) is 0.844. The average Bonchev–Trinajstić information content (AvgIpc) is 1.77. The number of benzene rings is 1. The van der Waals surface area contributed by atoms with Crippen LogP contribution < -0.4 is 3.58 Å². The van der Waals surface area contributed by atoms with Gasteiger partial charge in [0.25, 0.3) is 0 Å². The third-order valence-corrected chi connectivity index (χ3v) is 2.05. The van der Waals surface area contributed by atoms with E-state index >= 15 is 0 Å². The summed E-state index contributed by atoms with van der Waals surface area (Å²) in [7, 11) is 0. The molecular weight excluding hydrogens is 333 g/mol. The minimum absolute atomic E-state index is 0. The Balaban J connectivity index is -0.000000213. The van der Waals surface area contributed by atoms with E-state index in [4.69, 9.17) is 11.6 Å². The van der Waals surface area contributed by atoms with Gasteiger partial charge in [0.05, 0.1) is 0 Å². The summed E-state index contributed by atoms with van der Waals surface area (Å²) in [5.74, 6) is 0. The van der Waals surface area contributed by atoms with E-state index in [1.807, 2.05) is 24.3 Å². The Labute approximate surface area is 103 Å². The van der Waals surface area contributed by atoms with Gasteiger partial charge in [0.2, 0.25) is 0 Å². The van der Waals surface area contributed by atoms with Crippen molar-refractivity contribution in [3.63, 3.8) is 0 Å². The van der Waals surface area contributed by atoms with Gasteiger partial charge in [-0.15, -0.1) is 37.2 Å². The fourth-order valence-corrected chi connectivity index (χ4v) is 1.05. The third kappa shape index (κ3) is 7.54. The number of hydrogen-bond donors (Lipinski definition) is 0. The van der Waals surface area contributed by atoms with Crippen molar-refractivity contribution >= 4 is 74.9 Å². The Morgan fingerprint density at radius 3 is 1.55 bits per heavy atom. The molecule has 1 rings (SSSR count). The van der Waals surface area contributed by atoms with Crippen LogP contribution in [0.3, 0.4) is 0 Å². The first-order chi connectivity index (χ1) is 3.79. The van der Waals surface area contributed by atoms with Crippen molar-refractivity contribution in [3.8, 4) is 0 Å². The van der Waals surface area contributed by atoms with Gasteiger partial charge in [-0.2, -0.15) is 0 Å². The SMILES string of the molecule is Cl.Cl.Cl.Clc1cc[c]([Sn])cc1. The van der Waals surface area contributed by atoms with Crippen LogP contribution in [0.5, 0.6) is 0 Å². The van der Waals surface area contributed by atoms with Crippen LogP contribution in [0.15, 0.2) is 24.3 Å². The van der Waals surface area contributed by atoms with Crippen LogP contribution in [-0.4, -0.2) is 22.5 Å². The maximum atomic E-state index is 5.62. The Hall–Kier alpha value is 1.18. The summed E-state index contributed by atoms with van der Waals surface area (Å²) in [6.07, 6.45) is 0. The molecule has 63 valence electrons. The predicted molar refractivity (Wildman–Crippen MR) is 58.6 cm³/mol. The molecule has 1 aromatic carbocycles. The fourth-order valence-electron chi connectivity index (χ4n) is 0.450. The summed E-state index contributed by atoms with van der Waals surface area (Å²) in [6, 6.07) is 7.87. The van der Waals surface area contributed by atoms with Crippen LogP contribution in [0.25, 0.3) is 0 Å². The van der Waals surface area contributed by atoms with Gasteiger partial charge >= 0.3 is 67.0 Å². The molecular formula is C6H7Cl4Sn. The zero-order valence-corrected chi connectivity index (χ0v) is 11.5. The standard InChI is InChI=1S/C6H4Cl.3ClH.Sn/c7-6-4-2-1-3-5-6;;;;/h2-5H;3*1H;. The molecule has 0 atom stereocenters. The van der Waals surface area contributed by atoms with Crippen molar-refractivity contribution in [2.75, 3.05) is 0 Å². The van der Waals surface area contributed by atoms with Crippen molar-refractivity contribution < 1.29 is 0 Å². The molecule has 5 heteroatoms. The average molecular weight is 340 g/mol. The van der Waals surface area contributed by atoms with Crippen LogP contribution in [0, 0.1) is 0 Å². The van der Waals surface area contributed by atoms with E-state index in [0.29, 0.717) is 0 Å². The first kappa shape index (κ1) is 18.1. The van der Waals surface area contributed by atoms with Crippen molar-refractivity contribution in [2.24, 2.45) is 0 Å². The number of hydrogen-bond acceptors (Lipinski definition) is 0. The summed E-state index contributed by atoms with van der Waals surface area (Å²) >= 11 is 7.06. The van der Waals surface area contributed by atoms with E-state index in [-0.39, 0.29) is 37.2 Å². The number of halogens is 4. The first-order valence-electron chi connectivity index (χ1n) is 2.26. The molecule has 0 aliphatic carbocycles.